The van der Waals surface area contributed by atoms with Gasteiger partial charge in [0.2, 0.25) is 5.91 Å². The van der Waals surface area contributed by atoms with Gasteiger partial charge in [0.05, 0.1) is 17.2 Å². The number of aryl methyl sites for hydroxylation is 1. The topological polar surface area (TPSA) is 69.7 Å². The van der Waals surface area contributed by atoms with Crippen LogP contribution in [-0.4, -0.2) is 54.7 Å². The molecule has 0 saturated carbocycles. The van der Waals surface area contributed by atoms with E-state index in [1.807, 2.05) is 25.9 Å². The van der Waals surface area contributed by atoms with Gasteiger partial charge < -0.3 is 10.2 Å². The number of carbonyl (C=O) groups is 3. The molecule has 0 saturated heterocycles. The number of rotatable bonds is 7. The molecule has 7 heteroatoms. The van der Waals surface area contributed by atoms with E-state index in [0.29, 0.717) is 11.1 Å². The third kappa shape index (κ3) is 4.51. The molecule has 2 aromatic carbocycles. The Labute approximate surface area is 169 Å². The van der Waals surface area contributed by atoms with Crippen molar-refractivity contribution in [3.05, 3.63) is 70.5 Å². The lowest BCUT2D eigenvalue weighted by Crippen LogP contribution is -2.37. The molecule has 6 nitrogen and oxygen atoms in total. The van der Waals surface area contributed by atoms with Crippen LogP contribution >= 0.6 is 0 Å². The van der Waals surface area contributed by atoms with Gasteiger partial charge in [0.15, 0.2) is 0 Å². The SMILES string of the molecule is Cc1ccc2c(c1)C(=O)N(CCC(=O)NCC(c1cccc(F)c1)N(C)C)C2=O. The highest BCUT2D eigenvalue weighted by molar-refractivity contribution is 6.21. The van der Waals surface area contributed by atoms with Gasteiger partial charge in [-0.25, -0.2) is 4.39 Å². The van der Waals surface area contributed by atoms with Crippen molar-refractivity contribution in [1.29, 1.82) is 0 Å². The maximum atomic E-state index is 13.5. The minimum absolute atomic E-state index is 0.00769. The Kier molecular flexibility index (Phi) is 6.08. The van der Waals surface area contributed by atoms with Crippen LogP contribution < -0.4 is 5.32 Å². The molecule has 152 valence electrons. The number of nitrogens with zero attached hydrogens (tertiary/aromatic N) is 2. The molecule has 2 aromatic rings. The number of fused-ring (bicyclic) bond motifs is 1. The van der Waals surface area contributed by atoms with Crippen molar-refractivity contribution in [1.82, 2.24) is 15.1 Å². The van der Waals surface area contributed by atoms with Crippen molar-refractivity contribution in [3.8, 4) is 0 Å². The summed E-state index contributed by atoms with van der Waals surface area (Å²) in [4.78, 5) is 40.2. The second kappa shape index (κ2) is 8.53. The van der Waals surface area contributed by atoms with E-state index in [2.05, 4.69) is 5.32 Å². The van der Waals surface area contributed by atoms with Crippen molar-refractivity contribution < 1.29 is 18.8 Å². The Bertz CT molecular complexity index is 958. The smallest absolute Gasteiger partial charge is 0.261 e. The molecular weight excluding hydrogens is 373 g/mol. The molecule has 3 amide bonds. The van der Waals surface area contributed by atoms with Crippen LogP contribution in [0, 0.1) is 12.7 Å². The fourth-order valence-electron chi connectivity index (χ4n) is 3.43. The number of amides is 3. The third-order valence-electron chi connectivity index (χ3n) is 5.04. The molecule has 1 N–H and O–H groups in total. The highest BCUT2D eigenvalue weighted by atomic mass is 19.1. The lowest BCUT2D eigenvalue weighted by atomic mass is 10.1. The number of hydrogen-bond acceptors (Lipinski definition) is 4. The summed E-state index contributed by atoms with van der Waals surface area (Å²) in [5.74, 6) is -1.35. The van der Waals surface area contributed by atoms with Gasteiger partial charge in [-0.2, -0.15) is 0 Å². The maximum Gasteiger partial charge on any atom is 0.261 e. The lowest BCUT2D eigenvalue weighted by molar-refractivity contribution is -0.121. The van der Waals surface area contributed by atoms with Crippen LogP contribution in [0.4, 0.5) is 4.39 Å². The Balaban J connectivity index is 1.57. The van der Waals surface area contributed by atoms with E-state index in [1.165, 1.54) is 12.1 Å². The van der Waals surface area contributed by atoms with Gasteiger partial charge in [-0.15, -0.1) is 0 Å². The summed E-state index contributed by atoms with van der Waals surface area (Å²) >= 11 is 0. The molecule has 1 heterocycles. The van der Waals surface area contributed by atoms with Gasteiger partial charge in [0.25, 0.3) is 11.8 Å². The number of likely N-dealkylation sites (N-methyl/N-ethyl adjacent to an activating group) is 1. The lowest BCUT2D eigenvalue weighted by Gasteiger charge is -2.25. The first-order chi connectivity index (χ1) is 13.8. The van der Waals surface area contributed by atoms with E-state index in [9.17, 15) is 18.8 Å². The summed E-state index contributed by atoms with van der Waals surface area (Å²) in [6.07, 6.45) is 0.00769. The van der Waals surface area contributed by atoms with E-state index in [0.717, 1.165) is 16.0 Å². The molecule has 1 aliphatic heterocycles. The summed E-state index contributed by atoms with van der Waals surface area (Å²) < 4.78 is 13.5. The van der Waals surface area contributed by atoms with E-state index < -0.39 is 0 Å². The van der Waals surface area contributed by atoms with Gasteiger partial charge in [0, 0.05) is 19.5 Å². The van der Waals surface area contributed by atoms with E-state index >= 15 is 0 Å². The van der Waals surface area contributed by atoms with Crippen molar-refractivity contribution in [2.24, 2.45) is 0 Å². The molecule has 29 heavy (non-hydrogen) atoms. The van der Waals surface area contributed by atoms with Crippen LogP contribution in [0.15, 0.2) is 42.5 Å². The molecule has 0 aromatic heterocycles. The zero-order valence-corrected chi connectivity index (χ0v) is 16.7. The first kappa shape index (κ1) is 20.7. The highest BCUT2D eigenvalue weighted by Gasteiger charge is 2.35. The Morgan fingerprint density at radius 3 is 2.52 bits per heavy atom. The second-order valence-electron chi connectivity index (χ2n) is 7.40. The van der Waals surface area contributed by atoms with Crippen molar-refractivity contribution in [3.63, 3.8) is 0 Å². The highest BCUT2D eigenvalue weighted by Crippen LogP contribution is 2.24. The monoisotopic (exact) mass is 397 g/mol. The number of hydrogen-bond donors (Lipinski definition) is 1. The minimum Gasteiger partial charge on any atom is -0.354 e. The Morgan fingerprint density at radius 2 is 1.83 bits per heavy atom. The van der Waals surface area contributed by atoms with E-state index in [-0.39, 0.29) is 49.1 Å². The summed E-state index contributed by atoms with van der Waals surface area (Å²) in [6, 6.07) is 11.2. The number of carbonyl (C=O) groups excluding carboxylic acids is 3. The van der Waals surface area contributed by atoms with E-state index in [4.69, 9.17) is 0 Å². The largest absolute Gasteiger partial charge is 0.354 e. The van der Waals surface area contributed by atoms with Gasteiger partial charge in [-0.3, -0.25) is 19.3 Å². The maximum absolute atomic E-state index is 13.5. The van der Waals surface area contributed by atoms with Crippen LogP contribution in [0.25, 0.3) is 0 Å². The fraction of sp³-hybridized carbons (Fsp3) is 0.318. The predicted molar refractivity (Wildman–Crippen MR) is 107 cm³/mol. The van der Waals surface area contributed by atoms with Crippen LogP contribution in [-0.2, 0) is 4.79 Å². The van der Waals surface area contributed by atoms with Gasteiger partial charge >= 0.3 is 0 Å². The molecule has 1 aliphatic rings. The van der Waals surface area contributed by atoms with Crippen LogP contribution in [0.5, 0.6) is 0 Å². The number of benzene rings is 2. The quantitative estimate of drug-likeness (QED) is 0.729. The molecule has 0 bridgehead atoms. The van der Waals surface area contributed by atoms with Gasteiger partial charge in [-0.1, -0.05) is 23.8 Å². The van der Waals surface area contributed by atoms with Crippen LogP contribution in [0.2, 0.25) is 0 Å². The van der Waals surface area contributed by atoms with Gasteiger partial charge in [0.1, 0.15) is 5.82 Å². The predicted octanol–water partition coefficient (Wildman–Crippen LogP) is 2.54. The molecule has 0 aliphatic carbocycles. The molecule has 0 radical (unpaired) electrons. The average molecular weight is 397 g/mol. The van der Waals surface area contributed by atoms with Crippen LogP contribution in [0.1, 0.15) is 44.3 Å². The summed E-state index contributed by atoms with van der Waals surface area (Å²) in [7, 11) is 3.70. The van der Waals surface area contributed by atoms with Gasteiger partial charge in [-0.05, 0) is 50.8 Å². The molecule has 0 spiro atoms. The molecular formula is C22H24FN3O3. The second-order valence-corrected chi connectivity index (χ2v) is 7.40. The summed E-state index contributed by atoms with van der Waals surface area (Å²) in [5.41, 5.74) is 2.41. The molecule has 1 atom stereocenters. The minimum atomic E-state index is -0.372. The zero-order chi connectivity index (χ0) is 21.1. The normalized spacial score (nSPS) is 14.3. The fourth-order valence-corrected chi connectivity index (χ4v) is 3.43. The van der Waals surface area contributed by atoms with Crippen molar-refractivity contribution in [2.75, 3.05) is 27.2 Å². The standard InChI is InChI=1S/C22H24FN3O3/c1-14-7-8-17-18(11-14)22(29)26(21(17)28)10-9-20(27)24-13-19(25(2)3)15-5-4-6-16(23)12-15/h4-8,11-12,19H,9-10,13H2,1-3H3,(H,24,27). The average Bonchev–Trinajstić information content (AvgIpc) is 2.90. The van der Waals surface area contributed by atoms with Crippen molar-refractivity contribution >= 4 is 17.7 Å². The number of nitrogens with one attached hydrogen (secondary N) is 1. The Hall–Kier alpha value is -3.06. The third-order valence-corrected chi connectivity index (χ3v) is 5.04. The van der Waals surface area contributed by atoms with Crippen LogP contribution in [0.3, 0.4) is 0 Å². The molecule has 0 fully saturated rings. The first-order valence-electron chi connectivity index (χ1n) is 9.43. The number of halogens is 1. The summed E-state index contributed by atoms with van der Waals surface area (Å²) in [5, 5.41) is 2.81. The molecule has 3 rings (SSSR count). The first-order valence-corrected chi connectivity index (χ1v) is 9.43. The summed E-state index contributed by atoms with van der Waals surface area (Å²) in [6.45, 7) is 2.16. The Morgan fingerprint density at radius 1 is 1.10 bits per heavy atom. The zero-order valence-electron chi connectivity index (χ0n) is 16.7. The number of imide groups is 1. The molecule has 1 unspecified atom stereocenters. The van der Waals surface area contributed by atoms with E-state index in [1.54, 1.807) is 30.3 Å². The van der Waals surface area contributed by atoms with Crippen molar-refractivity contribution in [2.45, 2.75) is 19.4 Å².